The number of esters is 1. The highest BCUT2D eigenvalue weighted by molar-refractivity contribution is 5.95. The van der Waals surface area contributed by atoms with Gasteiger partial charge in [0.15, 0.2) is 24.7 Å². The van der Waals surface area contributed by atoms with Crippen molar-refractivity contribution in [2.24, 2.45) is 5.10 Å². The van der Waals surface area contributed by atoms with Crippen molar-refractivity contribution >= 4 is 30.1 Å². The van der Waals surface area contributed by atoms with E-state index in [9.17, 15) is 19.2 Å². The number of aliphatic carboxylic acids is 1. The third kappa shape index (κ3) is 7.95. The van der Waals surface area contributed by atoms with Crippen molar-refractivity contribution < 1.29 is 43.2 Å². The molecule has 0 fully saturated rings. The van der Waals surface area contributed by atoms with Crippen LogP contribution >= 0.6 is 0 Å². The SMILES string of the molecule is CCOC(=O)C1=C(C)NC(=O)N[C@H]1c1ccc(OCC(=O)N/N=C\c2ccc(OCC(=O)O)cc2)c(OC)c1. The molecule has 39 heavy (non-hydrogen) atoms. The summed E-state index contributed by atoms with van der Waals surface area (Å²) in [5.74, 6) is -1.25. The smallest absolute Gasteiger partial charge is 0.341 e. The van der Waals surface area contributed by atoms with E-state index in [0.717, 1.165) is 0 Å². The first-order valence-electron chi connectivity index (χ1n) is 11.7. The Hall–Kier alpha value is -5.07. The number of carboxylic acids is 1. The Balaban J connectivity index is 1.61. The lowest BCUT2D eigenvalue weighted by molar-refractivity contribution is -0.140. The van der Waals surface area contributed by atoms with Gasteiger partial charge in [-0.3, -0.25) is 4.79 Å². The van der Waals surface area contributed by atoms with Crippen LogP contribution in [0.5, 0.6) is 17.2 Å². The number of allylic oxidation sites excluding steroid dienone is 1. The van der Waals surface area contributed by atoms with E-state index in [1.54, 1.807) is 56.3 Å². The molecular weight excluding hydrogens is 512 g/mol. The van der Waals surface area contributed by atoms with Crippen LogP contribution in [0, 0.1) is 0 Å². The van der Waals surface area contributed by atoms with Gasteiger partial charge in [0.1, 0.15) is 5.75 Å². The summed E-state index contributed by atoms with van der Waals surface area (Å²) in [6, 6.07) is 9.99. The average Bonchev–Trinajstić information content (AvgIpc) is 2.91. The molecule has 1 heterocycles. The van der Waals surface area contributed by atoms with E-state index in [2.05, 4.69) is 21.2 Å². The number of hydrazone groups is 1. The predicted octanol–water partition coefficient (Wildman–Crippen LogP) is 1.88. The molecule has 1 aliphatic heterocycles. The molecule has 0 aromatic heterocycles. The number of rotatable bonds is 12. The molecule has 0 radical (unpaired) electrons. The van der Waals surface area contributed by atoms with Crippen LogP contribution in [0.2, 0.25) is 0 Å². The van der Waals surface area contributed by atoms with Crippen LogP contribution in [0.1, 0.15) is 31.0 Å². The van der Waals surface area contributed by atoms with Crippen molar-refractivity contribution in [3.63, 3.8) is 0 Å². The molecule has 0 saturated carbocycles. The predicted molar refractivity (Wildman–Crippen MR) is 138 cm³/mol. The number of carboxylic acid groups (broad SMARTS) is 1. The van der Waals surface area contributed by atoms with Gasteiger partial charge < -0.3 is 34.7 Å². The van der Waals surface area contributed by atoms with Gasteiger partial charge in [-0.25, -0.2) is 19.8 Å². The normalized spacial score (nSPS) is 14.7. The van der Waals surface area contributed by atoms with Crippen LogP contribution in [-0.2, 0) is 19.1 Å². The maximum absolute atomic E-state index is 12.5. The fraction of sp³-hybridized carbons (Fsp3) is 0.269. The van der Waals surface area contributed by atoms with Gasteiger partial charge in [-0.15, -0.1) is 0 Å². The Labute approximate surface area is 223 Å². The molecule has 3 rings (SSSR count). The van der Waals surface area contributed by atoms with Crippen LogP contribution in [-0.4, -0.2) is 62.1 Å². The Morgan fingerprint density at radius 3 is 2.49 bits per heavy atom. The van der Waals surface area contributed by atoms with Gasteiger partial charge in [-0.05, 0) is 61.4 Å². The summed E-state index contributed by atoms with van der Waals surface area (Å²) in [7, 11) is 1.42. The van der Waals surface area contributed by atoms with E-state index >= 15 is 0 Å². The highest BCUT2D eigenvalue weighted by Crippen LogP contribution is 2.34. The lowest BCUT2D eigenvalue weighted by Crippen LogP contribution is -2.45. The summed E-state index contributed by atoms with van der Waals surface area (Å²) in [5, 5.41) is 17.8. The van der Waals surface area contributed by atoms with Crippen molar-refractivity contribution in [1.29, 1.82) is 0 Å². The number of ether oxygens (including phenoxy) is 4. The minimum absolute atomic E-state index is 0.175. The first-order chi connectivity index (χ1) is 18.7. The number of carbonyl (C=O) groups is 4. The highest BCUT2D eigenvalue weighted by atomic mass is 16.5. The first kappa shape index (κ1) is 28.5. The second-order valence-corrected chi connectivity index (χ2v) is 8.03. The zero-order valence-electron chi connectivity index (χ0n) is 21.5. The molecule has 13 heteroatoms. The summed E-state index contributed by atoms with van der Waals surface area (Å²) in [6.45, 7) is 2.66. The lowest BCUT2D eigenvalue weighted by atomic mass is 9.95. The average molecular weight is 541 g/mol. The highest BCUT2D eigenvalue weighted by Gasteiger charge is 2.32. The van der Waals surface area contributed by atoms with Crippen molar-refractivity contribution in [3.8, 4) is 17.2 Å². The quantitative estimate of drug-likeness (QED) is 0.178. The van der Waals surface area contributed by atoms with Gasteiger partial charge in [0.25, 0.3) is 5.91 Å². The van der Waals surface area contributed by atoms with Crippen molar-refractivity contribution in [2.75, 3.05) is 26.9 Å². The number of carbonyl (C=O) groups excluding carboxylic acids is 3. The van der Waals surface area contributed by atoms with Gasteiger partial charge in [-0.1, -0.05) is 6.07 Å². The molecule has 13 nitrogen and oxygen atoms in total. The molecule has 2 aromatic carbocycles. The van der Waals surface area contributed by atoms with Gasteiger partial charge in [0.2, 0.25) is 0 Å². The fourth-order valence-electron chi connectivity index (χ4n) is 3.56. The van der Waals surface area contributed by atoms with E-state index in [0.29, 0.717) is 22.6 Å². The number of nitrogens with one attached hydrogen (secondary N) is 3. The van der Waals surface area contributed by atoms with Gasteiger partial charge >= 0.3 is 18.0 Å². The van der Waals surface area contributed by atoms with Crippen LogP contribution < -0.4 is 30.3 Å². The van der Waals surface area contributed by atoms with Crippen molar-refractivity contribution in [3.05, 3.63) is 64.9 Å². The monoisotopic (exact) mass is 540 g/mol. The zero-order chi connectivity index (χ0) is 28.4. The molecule has 0 bridgehead atoms. The van der Waals surface area contributed by atoms with E-state index in [-0.39, 0.29) is 30.3 Å². The van der Waals surface area contributed by atoms with E-state index in [4.69, 9.17) is 24.1 Å². The molecular formula is C26H28N4O9. The summed E-state index contributed by atoms with van der Waals surface area (Å²) in [5.41, 5.74) is 4.16. The standard InChI is InChI=1S/C26H28N4O9/c1-4-37-25(34)23-15(2)28-26(35)29-24(23)17-7-10-19(20(11-17)36-3)39-13-21(31)30-27-12-16-5-8-18(9-6-16)38-14-22(32)33/h5-12,24H,4,13-14H2,1-3H3,(H,30,31)(H,32,33)(H2,28,29,35)/b27-12-/t24-/m0/s1. The summed E-state index contributed by atoms with van der Waals surface area (Å²) in [6.07, 6.45) is 1.40. The summed E-state index contributed by atoms with van der Waals surface area (Å²) in [4.78, 5) is 47.3. The molecule has 0 unspecified atom stereocenters. The Morgan fingerprint density at radius 1 is 1.08 bits per heavy atom. The van der Waals surface area contributed by atoms with Crippen molar-refractivity contribution in [1.82, 2.24) is 16.1 Å². The minimum Gasteiger partial charge on any atom is -0.493 e. The number of amides is 3. The zero-order valence-corrected chi connectivity index (χ0v) is 21.5. The third-order valence-corrected chi connectivity index (χ3v) is 5.29. The largest absolute Gasteiger partial charge is 0.493 e. The van der Waals surface area contributed by atoms with Crippen LogP contribution in [0.4, 0.5) is 4.79 Å². The van der Waals surface area contributed by atoms with Crippen molar-refractivity contribution in [2.45, 2.75) is 19.9 Å². The maximum atomic E-state index is 12.5. The lowest BCUT2D eigenvalue weighted by Gasteiger charge is -2.28. The second-order valence-electron chi connectivity index (χ2n) is 8.03. The number of benzene rings is 2. The van der Waals surface area contributed by atoms with E-state index in [1.165, 1.54) is 13.3 Å². The fourth-order valence-corrected chi connectivity index (χ4v) is 3.56. The van der Waals surface area contributed by atoms with Gasteiger partial charge in [-0.2, -0.15) is 5.10 Å². The van der Waals surface area contributed by atoms with Gasteiger partial charge in [0.05, 0.1) is 31.5 Å². The molecule has 0 spiro atoms. The Kier molecular flexibility index (Phi) is 9.84. The Bertz CT molecular complexity index is 1290. The van der Waals surface area contributed by atoms with Gasteiger partial charge in [0, 0.05) is 5.70 Å². The molecule has 0 aliphatic carbocycles. The third-order valence-electron chi connectivity index (χ3n) is 5.29. The van der Waals surface area contributed by atoms with E-state index < -0.39 is 36.5 Å². The molecule has 0 saturated heterocycles. The number of nitrogens with zero attached hydrogens (tertiary/aromatic N) is 1. The van der Waals surface area contributed by atoms with E-state index in [1.807, 2.05) is 0 Å². The maximum Gasteiger partial charge on any atom is 0.341 e. The Morgan fingerprint density at radius 2 is 1.82 bits per heavy atom. The number of urea groups is 1. The molecule has 1 aliphatic rings. The molecule has 2 aromatic rings. The molecule has 1 atom stereocenters. The summed E-state index contributed by atoms with van der Waals surface area (Å²) < 4.78 is 21.2. The molecule has 4 N–H and O–H groups in total. The number of hydrogen-bond acceptors (Lipinski definition) is 9. The molecule has 3 amide bonds. The van der Waals surface area contributed by atoms with Crippen LogP contribution in [0.25, 0.3) is 0 Å². The topological polar surface area (TPSA) is 174 Å². The van der Waals surface area contributed by atoms with Crippen LogP contribution in [0.15, 0.2) is 58.8 Å². The second kappa shape index (κ2) is 13.5. The number of hydrogen-bond donors (Lipinski definition) is 4. The summed E-state index contributed by atoms with van der Waals surface area (Å²) >= 11 is 0. The number of methoxy groups -OCH3 is 1. The van der Waals surface area contributed by atoms with Crippen LogP contribution in [0.3, 0.4) is 0 Å². The molecule has 206 valence electrons. The first-order valence-corrected chi connectivity index (χ1v) is 11.7. The minimum atomic E-state index is -1.08.